The third-order valence-corrected chi connectivity index (χ3v) is 4.02. The Morgan fingerprint density at radius 3 is 2.63 bits per heavy atom. The van der Waals surface area contributed by atoms with Crippen molar-refractivity contribution in [2.45, 2.75) is 6.42 Å². The predicted octanol–water partition coefficient (Wildman–Crippen LogP) is 2.86. The summed E-state index contributed by atoms with van der Waals surface area (Å²) >= 11 is 0. The predicted molar refractivity (Wildman–Crippen MR) is 101 cm³/mol. The molecule has 2 aromatic carbocycles. The van der Waals surface area contributed by atoms with Gasteiger partial charge >= 0.3 is 0 Å². The van der Waals surface area contributed by atoms with E-state index in [9.17, 15) is 14.0 Å². The van der Waals surface area contributed by atoms with E-state index in [2.05, 4.69) is 15.6 Å². The first-order chi connectivity index (χ1) is 13.0. The average Bonchev–Trinajstić information content (AvgIpc) is 3.07. The number of rotatable bonds is 7. The number of amides is 2. The van der Waals surface area contributed by atoms with E-state index in [1.807, 2.05) is 0 Å². The number of benzene rings is 2. The van der Waals surface area contributed by atoms with Crippen molar-refractivity contribution in [3.63, 3.8) is 0 Å². The fourth-order valence-corrected chi connectivity index (χ4v) is 2.69. The summed E-state index contributed by atoms with van der Waals surface area (Å²) < 4.78 is 17.8. The van der Waals surface area contributed by atoms with E-state index in [4.69, 9.17) is 4.74 Å². The van der Waals surface area contributed by atoms with Crippen molar-refractivity contribution < 1.29 is 18.7 Å². The van der Waals surface area contributed by atoms with Gasteiger partial charge in [0, 0.05) is 30.2 Å². The zero-order valence-electron chi connectivity index (χ0n) is 14.8. The number of nitrogens with one attached hydrogen (secondary N) is 3. The highest BCUT2D eigenvalue weighted by Crippen LogP contribution is 2.20. The second-order valence-electron chi connectivity index (χ2n) is 6.09. The highest BCUT2D eigenvalue weighted by Gasteiger charge is 2.10. The molecule has 0 saturated heterocycles. The van der Waals surface area contributed by atoms with Crippen LogP contribution < -0.4 is 10.6 Å². The van der Waals surface area contributed by atoms with Gasteiger partial charge in [-0.25, -0.2) is 4.39 Å². The zero-order chi connectivity index (χ0) is 19.2. The van der Waals surface area contributed by atoms with Gasteiger partial charge in [-0.3, -0.25) is 9.59 Å². The number of hydrogen-bond donors (Lipinski definition) is 3. The SMILES string of the molecule is COCCNC(=O)c1cc2cc(NC(=O)Cc3ccc(F)cc3)ccc2[nH]1. The quantitative estimate of drug-likeness (QED) is 0.560. The molecule has 3 N–H and O–H groups in total. The molecule has 0 aliphatic rings. The second kappa shape index (κ2) is 8.46. The normalized spacial score (nSPS) is 10.7. The van der Waals surface area contributed by atoms with Crippen LogP contribution in [0.25, 0.3) is 10.9 Å². The number of hydrogen-bond acceptors (Lipinski definition) is 3. The Balaban J connectivity index is 1.66. The molecule has 0 radical (unpaired) electrons. The van der Waals surface area contributed by atoms with E-state index in [-0.39, 0.29) is 24.1 Å². The smallest absolute Gasteiger partial charge is 0.267 e. The Labute approximate surface area is 155 Å². The molecule has 0 atom stereocenters. The van der Waals surface area contributed by atoms with Crippen molar-refractivity contribution in [2.75, 3.05) is 25.6 Å². The summed E-state index contributed by atoms with van der Waals surface area (Å²) in [4.78, 5) is 27.3. The fourth-order valence-electron chi connectivity index (χ4n) is 2.69. The van der Waals surface area contributed by atoms with E-state index in [1.165, 1.54) is 12.1 Å². The molecule has 3 aromatic rings. The first kappa shape index (κ1) is 18.6. The minimum Gasteiger partial charge on any atom is -0.383 e. The summed E-state index contributed by atoms with van der Waals surface area (Å²) in [7, 11) is 1.57. The molecule has 3 rings (SSSR count). The number of ether oxygens (including phenoxy) is 1. The van der Waals surface area contributed by atoms with Crippen LogP contribution in [-0.4, -0.2) is 37.1 Å². The molecule has 0 spiro atoms. The van der Waals surface area contributed by atoms with Gasteiger partial charge in [0.2, 0.25) is 5.91 Å². The lowest BCUT2D eigenvalue weighted by Gasteiger charge is -2.05. The summed E-state index contributed by atoms with van der Waals surface area (Å²) in [5.74, 6) is -0.752. The van der Waals surface area contributed by atoms with Gasteiger partial charge in [-0.05, 0) is 42.0 Å². The molecular weight excluding hydrogens is 349 g/mol. The van der Waals surface area contributed by atoms with Gasteiger partial charge in [-0.1, -0.05) is 12.1 Å². The third-order valence-electron chi connectivity index (χ3n) is 4.02. The molecule has 0 fully saturated rings. The second-order valence-corrected chi connectivity index (χ2v) is 6.09. The number of anilines is 1. The maximum Gasteiger partial charge on any atom is 0.267 e. The lowest BCUT2D eigenvalue weighted by atomic mass is 10.1. The molecule has 0 aliphatic carbocycles. The molecule has 140 valence electrons. The van der Waals surface area contributed by atoms with Gasteiger partial charge in [-0.2, -0.15) is 0 Å². The summed E-state index contributed by atoms with van der Waals surface area (Å²) in [6.07, 6.45) is 0.151. The van der Waals surface area contributed by atoms with Gasteiger partial charge in [-0.15, -0.1) is 0 Å². The highest BCUT2D eigenvalue weighted by molar-refractivity contribution is 6.00. The number of halogens is 1. The van der Waals surface area contributed by atoms with Gasteiger partial charge in [0.25, 0.3) is 5.91 Å². The molecule has 1 heterocycles. The van der Waals surface area contributed by atoms with Crippen molar-refractivity contribution in [3.05, 3.63) is 65.6 Å². The van der Waals surface area contributed by atoms with Crippen molar-refractivity contribution in [1.29, 1.82) is 0 Å². The molecule has 0 aliphatic heterocycles. The van der Waals surface area contributed by atoms with Gasteiger partial charge in [0.1, 0.15) is 11.5 Å². The number of carbonyl (C=O) groups excluding carboxylic acids is 2. The van der Waals surface area contributed by atoms with Crippen molar-refractivity contribution >= 4 is 28.4 Å². The molecule has 27 heavy (non-hydrogen) atoms. The molecule has 0 unspecified atom stereocenters. The van der Waals surface area contributed by atoms with Crippen molar-refractivity contribution in [3.8, 4) is 0 Å². The average molecular weight is 369 g/mol. The molecule has 6 nitrogen and oxygen atoms in total. The van der Waals surface area contributed by atoms with Crippen LogP contribution in [0, 0.1) is 5.82 Å². The monoisotopic (exact) mass is 369 g/mol. The summed E-state index contributed by atoms with van der Waals surface area (Å²) in [5.41, 5.74) is 2.59. The van der Waals surface area contributed by atoms with Gasteiger partial charge in [0.05, 0.1) is 13.0 Å². The third kappa shape index (κ3) is 4.92. The van der Waals surface area contributed by atoms with Crippen LogP contribution in [0.15, 0.2) is 48.5 Å². The number of aromatic nitrogens is 1. The Morgan fingerprint density at radius 1 is 1.11 bits per heavy atom. The molecule has 1 aromatic heterocycles. The number of methoxy groups -OCH3 is 1. The van der Waals surface area contributed by atoms with Gasteiger partial charge in [0.15, 0.2) is 0 Å². The van der Waals surface area contributed by atoms with E-state index in [1.54, 1.807) is 43.5 Å². The van der Waals surface area contributed by atoms with Crippen LogP contribution >= 0.6 is 0 Å². The number of H-pyrrole nitrogens is 1. The van der Waals surface area contributed by atoms with E-state index >= 15 is 0 Å². The summed E-state index contributed by atoms with van der Waals surface area (Å²) in [5, 5.41) is 6.37. The Hall–Kier alpha value is -3.19. The Morgan fingerprint density at radius 2 is 1.89 bits per heavy atom. The molecule has 7 heteroatoms. The van der Waals surface area contributed by atoms with E-state index in [0.29, 0.717) is 24.5 Å². The zero-order valence-corrected chi connectivity index (χ0v) is 14.8. The summed E-state index contributed by atoms with van der Waals surface area (Å²) in [6.45, 7) is 0.867. The number of fused-ring (bicyclic) bond motifs is 1. The topological polar surface area (TPSA) is 83.2 Å². The Kier molecular flexibility index (Phi) is 5.83. The van der Waals surface area contributed by atoms with Crippen LogP contribution in [-0.2, 0) is 16.0 Å². The maximum absolute atomic E-state index is 12.9. The van der Waals surface area contributed by atoms with Crippen molar-refractivity contribution in [2.24, 2.45) is 0 Å². The van der Waals surface area contributed by atoms with Crippen LogP contribution in [0.5, 0.6) is 0 Å². The first-order valence-electron chi connectivity index (χ1n) is 8.49. The lowest BCUT2D eigenvalue weighted by molar-refractivity contribution is -0.115. The van der Waals surface area contributed by atoms with Crippen LogP contribution in [0.2, 0.25) is 0 Å². The van der Waals surface area contributed by atoms with Crippen LogP contribution in [0.1, 0.15) is 16.1 Å². The first-order valence-corrected chi connectivity index (χ1v) is 8.49. The lowest BCUT2D eigenvalue weighted by Crippen LogP contribution is -2.27. The number of carbonyl (C=O) groups is 2. The van der Waals surface area contributed by atoms with Crippen LogP contribution in [0.4, 0.5) is 10.1 Å². The molecule has 0 bridgehead atoms. The minimum absolute atomic E-state index is 0.151. The standard InChI is InChI=1S/C20H20FN3O3/c1-27-9-8-22-20(26)18-12-14-11-16(6-7-17(14)24-18)23-19(25)10-13-2-4-15(21)5-3-13/h2-7,11-12,24H,8-10H2,1H3,(H,22,26)(H,23,25). The van der Waals surface area contributed by atoms with E-state index < -0.39 is 0 Å². The van der Waals surface area contributed by atoms with E-state index in [0.717, 1.165) is 16.5 Å². The largest absolute Gasteiger partial charge is 0.383 e. The van der Waals surface area contributed by atoms with Gasteiger partial charge < -0.3 is 20.4 Å². The Bertz CT molecular complexity index is 951. The highest BCUT2D eigenvalue weighted by atomic mass is 19.1. The summed E-state index contributed by atoms with van der Waals surface area (Å²) in [6, 6.07) is 12.9. The maximum atomic E-state index is 12.9. The molecular formula is C20H20FN3O3. The number of aromatic amines is 1. The van der Waals surface area contributed by atoms with Crippen LogP contribution in [0.3, 0.4) is 0 Å². The molecule has 0 saturated carbocycles. The van der Waals surface area contributed by atoms with Crippen molar-refractivity contribution in [1.82, 2.24) is 10.3 Å². The minimum atomic E-state index is -0.334. The molecule has 2 amide bonds. The fraction of sp³-hybridized carbons (Fsp3) is 0.200.